The molecule has 0 rings (SSSR count). The number of alkyl carbamates (subject to hydrolysis) is 1. The lowest BCUT2D eigenvalue weighted by Crippen LogP contribution is -2.34. The van der Waals surface area contributed by atoms with E-state index >= 15 is 0 Å². The van der Waals surface area contributed by atoms with Crippen molar-refractivity contribution in [3.8, 4) is 0 Å². The SMILES string of the molecule is CC(C)(C)OC(=O)NCCOCCOCCOCCOCC(=O)OCC=O. The summed E-state index contributed by atoms with van der Waals surface area (Å²) in [5.74, 6) is -0.591. The van der Waals surface area contributed by atoms with E-state index in [0.717, 1.165) is 0 Å². The molecule has 158 valence electrons. The van der Waals surface area contributed by atoms with Gasteiger partial charge in [-0.2, -0.15) is 0 Å². The second-order valence-corrected chi connectivity index (χ2v) is 6.17. The molecule has 0 aliphatic carbocycles. The van der Waals surface area contributed by atoms with E-state index < -0.39 is 17.7 Å². The van der Waals surface area contributed by atoms with Gasteiger partial charge >= 0.3 is 12.1 Å². The fraction of sp³-hybridized carbons (Fsp3) is 0.824. The van der Waals surface area contributed by atoms with Gasteiger partial charge in [0.1, 0.15) is 18.8 Å². The molecule has 0 radical (unpaired) electrons. The van der Waals surface area contributed by atoms with Gasteiger partial charge in [-0.1, -0.05) is 0 Å². The predicted molar refractivity (Wildman–Crippen MR) is 94.5 cm³/mol. The van der Waals surface area contributed by atoms with E-state index in [4.69, 9.17) is 23.7 Å². The smallest absolute Gasteiger partial charge is 0.407 e. The maximum Gasteiger partial charge on any atom is 0.407 e. The van der Waals surface area contributed by atoms with Crippen LogP contribution in [-0.2, 0) is 38.0 Å². The third-order valence-corrected chi connectivity index (χ3v) is 2.56. The van der Waals surface area contributed by atoms with Crippen molar-refractivity contribution in [1.82, 2.24) is 5.32 Å². The Balaban J connectivity index is 3.22. The summed E-state index contributed by atoms with van der Waals surface area (Å²) in [5, 5.41) is 2.59. The highest BCUT2D eigenvalue weighted by atomic mass is 16.6. The van der Waals surface area contributed by atoms with E-state index in [1.54, 1.807) is 20.8 Å². The molecule has 0 aromatic carbocycles. The quantitative estimate of drug-likeness (QED) is 0.225. The molecule has 0 spiro atoms. The molecule has 0 saturated heterocycles. The first-order valence-corrected chi connectivity index (χ1v) is 8.72. The van der Waals surface area contributed by atoms with Crippen molar-refractivity contribution in [1.29, 1.82) is 0 Å². The minimum Gasteiger partial charge on any atom is -0.456 e. The zero-order valence-electron chi connectivity index (χ0n) is 16.3. The molecule has 0 saturated carbocycles. The third kappa shape index (κ3) is 20.4. The monoisotopic (exact) mass is 393 g/mol. The van der Waals surface area contributed by atoms with Crippen molar-refractivity contribution in [2.75, 3.05) is 66.0 Å². The first kappa shape index (κ1) is 25.2. The molecule has 0 heterocycles. The Hall–Kier alpha value is -1.75. The van der Waals surface area contributed by atoms with E-state index in [1.807, 2.05) is 0 Å². The van der Waals surface area contributed by atoms with Gasteiger partial charge in [-0.3, -0.25) is 4.79 Å². The van der Waals surface area contributed by atoms with Crippen LogP contribution >= 0.6 is 0 Å². The Morgan fingerprint density at radius 3 is 1.89 bits per heavy atom. The highest BCUT2D eigenvalue weighted by Crippen LogP contribution is 2.05. The Morgan fingerprint density at radius 1 is 0.852 bits per heavy atom. The fourth-order valence-electron chi connectivity index (χ4n) is 1.52. The lowest BCUT2D eigenvalue weighted by Gasteiger charge is -2.19. The van der Waals surface area contributed by atoms with Crippen LogP contribution in [0.3, 0.4) is 0 Å². The van der Waals surface area contributed by atoms with Crippen molar-refractivity contribution in [2.24, 2.45) is 0 Å². The van der Waals surface area contributed by atoms with Crippen LogP contribution in [0.2, 0.25) is 0 Å². The molecule has 27 heavy (non-hydrogen) atoms. The number of hydrogen-bond acceptors (Lipinski definition) is 9. The molecule has 0 aliphatic rings. The number of esters is 1. The zero-order chi connectivity index (χ0) is 20.4. The maximum absolute atomic E-state index is 11.4. The van der Waals surface area contributed by atoms with E-state index in [1.165, 1.54) is 0 Å². The van der Waals surface area contributed by atoms with Gasteiger partial charge in [-0.25, -0.2) is 9.59 Å². The summed E-state index contributed by atoms with van der Waals surface area (Å²) in [6, 6.07) is 0. The van der Waals surface area contributed by atoms with E-state index in [0.29, 0.717) is 52.5 Å². The normalized spacial score (nSPS) is 11.1. The van der Waals surface area contributed by atoms with Crippen molar-refractivity contribution >= 4 is 18.3 Å². The molecular formula is C17H31NO9. The van der Waals surface area contributed by atoms with E-state index in [-0.39, 0.29) is 19.8 Å². The van der Waals surface area contributed by atoms with E-state index in [9.17, 15) is 14.4 Å². The van der Waals surface area contributed by atoms with Gasteiger partial charge in [0.05, 0.1) is 46.2 Å². The summed E-state index contributed by atoms with van der Waals surface area (Å²) < 4.78 is 30.4. The Morgan fingerprint density at radius 2 is 1.37 bits per heavy atom. The Bertz CT molecular complexity index is 410. The molecule has 0 atom stereocenters. The molecule has 1 amide bonds. The lowest BCUT2D eigenvalue weighted by atomic mass is 10.2. The minimum absolute atomic E-state index is 0.214. The molecule has 10 nitrogen and oxygen atoms in total. The molecule has 0 fully saturated rings. The van der Waals surface area contributed by atoms with Crippen LogP contribution < -0.4 is 5.32 Å². The average molecular weight is 393 g/mol. The second-order valence-electron chi connectivity index (χ2n) is 6.17. The van der Waals surface area contributed by atoms with E-state index in [2.05, 4.69) is 10.1 Å². The van der Waals surface area contributed by atoms with Gasteiger partial charge in [0.2, 0.25) is 0 Å². The summed E-state index contributed by atoms with van der Waals surface area (Å²) in [5.41, 5.74) is -0.518. The summed E-state index contributed by atoms with van der Waals surface area (Å²) in [7, 11) is 0. The zero-order valence-corrected chi connectivity index (χ0v) is 16.3. The van der Waals surface area contributed by atoms with Crippen molar-refractivity contribution in [2.45, 2.75) is 26.4 Å². The summed E-state index contributed by atoms with van der Waals surface area (Å²) in [6.45, 7) is 7.81. The van der Waals surface area contributed by atoms with Crippen LogP contribution in [-0.4, -0.2) is 90.0 Å². The molecule has 0 aromatic heterocycles. The van der Waals surface area contributed by atoms with Gasteiger partial charge < -0.3 is 33.7 Å². The average Bonchev–Trinajstić information content (AvgIpc) is 2.58. The molecule has 0 aromatic rings. The maximum atomic E-state index is 11.4. The van der Waals surface area contributed by atoms with Gasteiger partial charge in [0, 0.05) is 6.54 Å². The topological polar surface area (TPSA) is 119 Å². The number of carbonyl (C=O) groups is 3. The number of carbonyl (C=O) groups excluding carboxylic acids is 3. The predicted octanol–water partition coefficient (Wildman–Crippen LogP) is 0.320. The van der Waals surface area contributed by atoms with Crippen LogP contribution in [0.25, 0.3) is 0 Å². The van der Waals surface area contributed by atoms with Crippen molar-refractivity contribution < 1.29 is 42.8 Å². The molecule has 0 aliphatic heterocycles. The highest BCUT2D eigenvalue weighted by Gasteiger charge is 2.15. The number of ether oxygens (including phenoxy) is 6. The first-order valence-electron chi connectivity index (χ1n) is 8.72. The van der Waals surface area contributed by atoms with Gasteiger partial charge in [0.25, 0.3) is 0 Å². The standard InChI is InChI=1S/C17H31NO9/c1-17(2,3)27-16(21)18-4-6-22-8-9-23-10-11-24-12-13-25-14-15(20)26-7-5-19/h5H,4,6-14H2,1-3H3,(H,18,21). The van der Waals surface area contributed by atoms with Crippen LogP contribution in [0.5, 0.6) is 0 Å². The molecule has 0 unspecified atom stereocenters. The number of aldehydes is 1. The summed E-state index contributed by atoms with van der Waals surface area (Å²) >= 11 is 0. The van der Waals surface area contributed by atoms with Crippen LogP contribution in [0.15, 0.2) is 0 Å². The van der Waals surface area contributed by atoms with Crippen molar-refractivity contribution in [3.63, 3.8) is 0 Å². The number of hydrogen-bond donors (Lipinski definition) is 1. The van der Waals surface area contributed by atoms with Crippen LogP contribution in [0.4, 0.5) is 4.79 Å². The highest BCUT2D eigenvalue weighted by molar-refractivity contribution is 5.72. The van der Waals surface area contributed by atoms with Crippen molar-refractivity contribution in [3.05, 3.63) is 0 Å². The first-order chi connectivity index (χ1) is 12.8. The molecule has 1 N–H and O–H groups in total. The van der Waals surface area contributed by atoms with Crippen LogP contribution in [0.1, 0.15) is 20.8 Å². The number of rotatable bonds is 16. The Labute approximate surface area is 159 Å². The Kier molecular flexibility index (Phi) is 15.4. The third-order valence-electron chi connectivity index (χ3n) is 2.56. The van der Waals surface area contributed by atoms with Gasteiger partial charge in [-0.05, 0) is 20.8 Å². The molecule has 0 bridgehead atoms. The lowest BCUT2D eigenvalue weighted by molar-refractivity contribution is -0.151. The fourth-order valence-corrected chi connectivity index (χ4v) is 1.52. The number of nitrogens with one attached hydrogen (secondary N) is 1. The minimum atomic E-state index is -0.591. The molecule has 10 heteroatoms. The largest absolute Gasteiger partial charge is 0.456 e. The second kappa shape index (κ2) is 16.4. The summed E-state index contributed by atoms with van der Waals surface area (Å²) in [6.07, 6.45) is 0.0221. The van der Waals surface area contributed by atoms with Crippen LogP contribution in [0, 0.1) is 0 Å². The number of amides is 1. The van der Waals surface area contributed by atoms with Gasteiger partial charge in [0.15, 0.2) is 6.29 Å². The molecular weight excluding hydrogens is 362 g/mol. The summed E-state index contributed by atoms with van der Waals surface area (Å²) in [4.78, 5) is 32.3. The van der Waals surface area contributed by atoms with Gasteiger partial charge in [-0.15, -0.1) is 0 Å².